The molecule has 1 aromatic carbocycles. The molecule has 3 atom stereocenters. The van der Waals surface area contributed by atoms with Gasteiger partial charge < -0.3 is 15.7 Å². The molecule has 1 aliphatic rings. The van der Waals surface area contributed by atoms with Crippen molar-refractivity contribution in [1.29, 1.82) is 0 Å². The maximum atomic E-state index is 12.9. The molecule has 1 fully saturated rings. The smallest absolute Gasteiger partial charge is 0.387 e. The fraction of sp³-hybridized carbons (Fsp3) is 0.529. The van der Waals surface area contributed by atoms with Crippen LogP contribution in [-0.2, 0) is 15.8 Å². The van der Waals surface area contributed by atoms with Crippen molar-refractivity contribution in [2.45, 2.75) is 32.0 Å². The molecule has 0 aliphatic heterocycles. The highest BCUT2D eigenvalue weighted by molar-refractivity contribution is 5.82. The second-order valence-electron chi connectivity index (χ2n) is 6.27. The Morgan fingerprint density at radius 3 is 2.52 bits per heavy atom. The van der Waals surface area contributed by atoms with Gasteiger partial charge in [-0.1, -0.05) is 25.1 Å². The first-order valence-corrected chi connectivity index (χ1v) is 8.08. The zero-order chi connectivity index (χ0) is 18.6. The maximum absolute atomic E-state index is 12.9. The average molecular weight is 358 g/mol. The Kier molecular flexibility index (Phi) is 6.05. The van der Waals surface area contributed by atoms with Gasteiger partial charge in [-0.15, -0.1) is 0 Å². The van der Waals surface area contributed by atoms with E-state index in [0.29, 0.717) is 5.92 Å². The number of hydrogen-bond donors (Lipinski definition) is 3. The Hall–Kier alpha value is -2.09. The van der Waals surface area contributed by atoms with Crippen LogP contribution in [0.3, 0.4) is 0 Å². The van der Waals surface area contributed by atoms with Crippen LogP contribution in [0.1, 0.15) is 37.0 Å². The number of halogens is 3. The van der Waals surface area contributed by atoms with Crippen LogP contribution in [0.4, 0.5) is 13.2 Å². The van der Waals surface area contributed by atoms with Gasteiger partial charge in [-0.3, -0.25) is 9.59 Å². The molecule has 8 heteroatoms. The van der Waals surface area contributed by atoms with Crippen LogP contribution in [-0.4, -0.2) is 30.0 Å². The summed E-state index contributed by atoms with van der Waals surface area (Å²) in [7, 11) is 0. The Balaban J connectivity index is 1.77. The second-order valence-corrected chi connectivity index (χ2v) is 6.27. The van der Waals surface area contributed by atoms with Gasteiger partial charge in [0.05, 0.1) is 11.7 Å². The quantitative estimate of drug-likeness (QED) is 0.698. The monoisotopic (exact) mass is 358 g/mol. The lowest BCUT2D eigenvalue weighted by Crippen LogP contribution is -2.33. The van der Waals surface area contributed by atoms with Crippen LogP contribution < -0.4 is 10.6 Å². The zero-order valence-electron chi connectivity index (χ0n) is 13.8. The highest BCUT2D eigenvalue weighted by Crippen LogP contribution is 2.37. The second kappa shape index (κ2) is 7.86. The number of hydrogen-bond acceptors (Lipinski definition) is 3. The van der Waals surface area contributed by atoms with Gasteiger partial charge in [0.15, 0.2) is 0 Å². The number of rotatable bonds is 7. The fourth-order valence-electron chi connectivity index (χ4n) is 2.57. The van der Waals surface area contributed by atoms with E-state index in [1.165, 1.54) is 18.2 Å². The van der Waals surface area contributed by atoms with Crippen LogP contribution in [0.25, 0.3) is 0 Å². The molecule has 0 saturated heterocycles. The van der Waals surface area contributed by atoms with E-state index < -0.39 is 23.8 Å². The molecule has 1 saturated carbocycles. The first kappa shape index (κ1) is 19.2. The predicted molar refractivity (Wildman–Crippen MR) is 84.3 cm³/mol. The molecule has 5 nitrogen and oxygen atoms in total. The summed E-state index contributed by atoms with van der Waals surface area (Å²) >= 11 is 0. The Labute approximate surface area is 143 Å². The number of alkyl halides is 3. The SMILES string of the molecule is C[C@@H]1C[C@@H]1C(=O)NCCC(=O)NC[C@@H](O)c1ccccc1C(F)(F)F. The van der Waals surface area contributed by atoms with Crippen LogP contribution in [0.5, 0.6) is 0 Å². The summed E-state index contributed by atoms with van der Waals surface area (Å²) in [5.41, 5.74) is -1.21. The van der Waals surface area contributed by atoms with E-state index in [1.54, 1.807) is 0 Å². The zero-order valence-corrected chi connectivity index (χ0v) is 13.8. The topological polar surface area (TPSA) is 78.4 Å². The van der Waals surface area contributed by atoms with E-state index in [-0.39, 0.29) is 36.9 Å². The summed E-state index contributed by atoms with van der Waals surface area (Å²) in [4.78, 5) is 23.3. The number of amides is 2. The summed E-state index contributed by atoms with van der Waals surface area (Å²) in [6, 6.07) is 4.69. The number of nitrogens with one attached hydrogen (secondary N) is 2. The van der Waals surface area contributed by atoms with Crippen molar-refractivity contribution in [3.63, 3.8) is 0 Å². The number of aliphatic hydroxyl groups excluding tert-OH is 1. The van der Waals surface area contributed by atoms with Gasteiger partial charge in [0.1, 0.15) is 0 Å². The molecule has 0 radical (unpaired) electrons. The predicted octanol–water partition coefficient (Wildman–Crippen LogP) is 2.02. The molecule has 3 N–H and O–H groups in total. The van der Waals surface area contributed by atoms with Crippen molar-refractivity contribution < 1.29 is 27.9 Å². The highest BCUT2D eigenvalue weighted by Gasteiger charge is 2.38. The molecular formula is C17H21F3N2O3. The number of aliphatic hydroxyl groups is 1. The molecule has 1 aromatic rings. The summed E-state index contributed by atoms with van der Waals surface area (Å²) in [5.74, 6) is -0.145. The number of benzene rings is 1. The first-order valence-electron chi connectivity index (χ1n) is 8.08. The Bertz CT molecular complexity index is 634. The third kappa shape index (κ3) is 5.45. The van der Waals surface area contributed by atoms with Gasteiger partial charge in [-0.2, -0.15) is 13.2 Å². The molecule has 0 heterocycles. The maximum Gasteiger partial charge on any atom is 0.416 e. The lowest BCUT2D eigenvalue weighted by molar-refractivity contribution is -0.139. The van der Waals surface area contributed by atoms with Crippen molar-refractivity contribution in [3.05, 3.63) is 35.4 Å². The van der Waals surface area contributed by atoms with Gasteiger partial charge in [0.25, 0.3) is 0 Å². The van der Waals surface area contributed by atoms with Crippen molar-refractivity contribution in [1.82, 2.24) is 10.6 Å². The van der Waals surface area contributed by atoms with Crippen molar-refractivity contribution in [3.8, 4) is 0 Å². The largest absolute Gasteiger partial charge is 0.416 e. The minimum Gasteiger partial charge on any atom is -0.387 e. The molecule has 0 bridgehead atoms. The van der Waals surface area contributed by atoms with E-state index in [2.05, 4.69) is 10.6 Å². The Morgan fingerprint density at radius 1 is 1.28 bits per heavy atom. The van der Waals surface area contributed by atoms with Crippen LogP contribution in [0, 0.1) is 11.8 Å². The fourth-order valence-corrected chi connectivity index (χ4v) is 2.57. The lowest BCUT2D eigenvalue weighted by atomic mass is 10.0. The lowest BCUT2D eigenvalue weighted by Gasteiger charge is -2.18. The summed E-state index contributed by atoms with van der Waals surface area (Å²) in [6.07, 6.45) is -5.20. The van der Waals surface area contributed by atoms with Crippen molar-refractivity contribution in [2.24, 2.45) is 11.8 Å². The molecule has 2 amide bonds. The van der Waals surface area contributed by atoms with E-state index in [0.717, 1.165) is 12.5 Å². The Morgan fingerprint density at radius 2 is 1.92 bits per heavy atom. The standard InChI is InChI=1S/C17H21F3N2O3/c1-10-8-12(10)16(25)21-7-6-15(24)22-9-14(23)11-4-2-3-5-13(11)17(18,19)20/h2-5,10,12,14,23H,6-9H2,1H3,(H,21,25)(H,22,24)/t10-,12+,14-/m1/s1. The highest BCUT2D eigenvalue weighted by atomic mass is 19.4. The minimum atomic E-state index is -4.58. The molecule has 0 spiro atoms. The molecule has 25 heavy (non-hydrogen) atoms. The van der Waals surface area contributed by atoms with Gasteiger partial charge in [0.2, 0.25) is 11.8 Å². The van der Waals surface area contributed by atoms with E-state index in [1.807, 2.05) is 6.92 Å². The third-order valence-corrected chi connectivity index (χ3v) is 4.22. The van der Waals surface area contributed by atoms with Gasteiger partial charge >= 0.3 is 6.18 Å². The molecular weight excluding hydrogens is 337 g/mol. The van der Waals surface area contributed by atoms with Crippen LogP contribution in [0.15, 0.2) is 24.3 Å². The first-order chi connectivity index (χ1) is 11.7. The summed E-state index contributed by atoms with van der Waals surface area (Å²) in [5, 5.41) is 15.0. The minimum absolute atomic E-state index is 0.000475. The summed E-state index contributed by atoms with van der Waals surface area (Å²) in [6.45, 7) is 1.79. The normalized spacial score (nSPS) is 20.7. The molecule has 138 valence electrons. The molecule has 1 aliphatic carbocycles. The summed E-state index contributed by atoms with van der Waals surface area (Å²) < 4.78 is 38.7. The number of carbonyl (C=O) groups excluding carboxylic acids is 2. The van der Waals surface area contributed by atoms with Crippen LogP contribution in [0.2, 0.25) is 0 Å². The van der Waals surface area contributed by atoms with Gasteiger partial charge in [0, 0.05) is 25.4 Å². The molecule has 2 rings (SSSR count). The molecule has 0 unspecified atom stereocenters. The number of carbonyl (C=O) groups is 2. The van der Waals surface area contributed by atoms with Crippen LogP contribution >= 0.6 is 0 Å². The van der Waals surface area contributed by atoms with Crippen molar-refractivity contribution >= 4 is 11.8 Å². The molecule has 0 aromatic heterocycles. The van der Waals surface area contributed by atoms with Gasteiger partial charge in [-0.25, -0.2) is 0 Å². The van der Waals surface area contributed by atoms with Gasteiger partial charge in [-0.05, 0) is 24.0 Å². The van der Waals surface area contributed by atoms with E-state index in [9.17, 15) is 27.9 Å². The average Bonchev–Trinajstić information content (AvgIpc) is 3.28. The van der Waals surface area contributed by atoms with E-state index >= 15 is 0 Å². The van der Waals surface area contributed by atoms with E-state index in [4.69, 9.17) is 0 Å². The van der Waals surface area contributed by atoms with Crippen molar-refractivity contribution in [2.75, 3.05) is 13.1 Å². The third-order valence-electron chi connectivity index (χ3n) is 4.22.